The van der Waals surface area contributed by atoms with Gasteiger partial charge in [-0.25, -0.2) is 0 Å². The zero-order valence-corrected chi connectivity index (χ0v) is 45.1. The van der Waals surface area contributed by atoms with Crippen LogP contribution >= 0.6 is 0 Å². The van der Waals surface area contributed by atoms with Crippen LogP contribution in [0.1, 0.15) is 328 Å². The summed E-state index contributed by atoms with van der Waals surface area (Å²) >= 11 is 0. The van der Waals surface area contributed by atoms with E-state index in [1.165, 1.54) is 225 Å². The fraction of sp³-hybridized carbons (Fsp3) is 0.902. The number of hydrogen-bond donors (Lipinski definition) is 3. The van der Waals surface area contributed by atoms with E-state index >= 15 is 0 Å². The van der Waals surface area contributed by atoms with Crippen LogP contribution in [-0.4, -0.2) is 47.4 Å². The molecule has 396 valence electrons. The molecule has 0 aromatic rings. The minimum atomic E-state index is -0.679. The molecule has 0 aliphatic carbocycles. The number of aliphatic hydroxyl groups excluding tert-OH is 2. The van der Waals surface area contributed by atoms with Gasteiger partial charge in [-0.2, -0.15) is 0 Å². The summed E-state index contributed by atoms with van der Waals surface area (Å²) in [5, 5.41) is 23.4. The molecule has 0 bridgehead atoms. The predicted octanol–water partition coefficient (Wildman–Crippen LogP) is 18.6. The van der Waals surface area contributed by atoms with Gasteiger partial charge in [-0.05, 0) is 57.8 Å². The van der Waals surface area contributed by atoms with Crippen molar-refractivity contribution in [1.82, 2.24) is 5.32 Å². The highest BCUT2D eigenvalue weighted by Gasteiger charge is 2.20. The van der Waals surface area contributed by atoms with Crippen molar-refractivity contribution in [2.45, 2.75) is 341 Å². The van der Waals surface area contributed by atoms with Crippen molar-refractivity contribution >= 4 is 11.9 Å². The second kappa shape index (κ2) is 56.9. The lowest BCUT2D eigenvalue weighted by atomic mass is 10.0. The largest absolute Gasteiger partial charge is 0.466 e. The Morgan fingerprint density at radius 1 is 0.418 bits per heavy atom. The number of nitrogens with one attached hydrogen (secondary N) is 1. The average Bonchev–Trinajstić information content (AvgIpc) is 3.33. The van der Waals surface area contributed by atoms with Crippen molar-refractivity contribution in [1.29, 1.82) is 0 Å². The first-order chi connectivity index (χ1) is 33.0. The Morgan fingerprint density at radius 2 is 0.746 bits per heavy atom. The fourth-order valence-electron chi connectivity index (χ4n) is 9.38. The van der Waals surface area contributed by atoms with Gasteiger partial charge < -0.3 is 20.3 Å². The molecule has 67 heavy (non-hydrogen) atoms. The fourth-order valence-corrected chi connectivity index (χ4v) is 9.38. The van der Waals surface area contributed by atoms with Gasteiger partial charge in [0.05, 0.1) is 25.4 Å². The number of esters is 1. The standard InChI is InChI=1S/C61H117NO5/c1-3-5-7-9-11-13-15-17-19-21-22-23-24-25-26-27-28-30-33-37-41-45-49-53-59(64)58(57-63)62-60(65)54-50-46-42-38-34-32-36-40-44-48-52-56-67-61(66)55-51-47-43-39-35-31-29-20-18-16-14-12-10-8-6-4-2/h14,16,20,29,58-59,63-64H,3-13,15,17-19,21-28,30-57H2,1-2H3,(H,62,65)/b16-14-,29-20-. The number of allylic oxidation sites excluding steroid dienone is 4. The van der Waals surface area contributed by atoms with Crippen molar-refractivity contribution in [3.63, 3.8) is 0 Å². The quantitative estimate of drug-likeness (QED) is 0.0321. The minimum absolute atomic E-state index is 0.0260. The molecule has 0 spiro atoms. The monoisotopic (exact) mass is 944 g/mol. The first-order valence-corrected chi connectivity index (χ1v) is 30.1. The maximum Gasteiger partial charge on any atom is 0.305 e. The van der Waals surface area contributed by atoms with Crippen LogP contribution in [-0.2, 0) is 14.3 Å². The van der Waals surface area contributed by atoms with E-state index in [4.69, 9.17) is 4.74 Å². The van der Waals surface area contributed by atoms with Gasteiger partial charge in [0.15, 0.2) is 0 Å². The number of unbranched alkanes of at least 4 members (excludes halogenated alkanes) is 41. The number of aliphatic hydroxyl groups is 2. The molecular formula is C61H117NO5. The van der Waals surface area contributed by atoms with Crippen molar-refractivity contribution < 1.29 is 24.5 Å². The Morgan fingerprint density at radius 3 is 1.15 bits per heavy atom. The summed E-state index contributed by atoms with van der Waals surface area (Å²) in [6, 6.07) is -0.558. The summed E-state index contributed by atoms with van der Waals surface area (Å²) in [4.78, 5) is 24.6. The van der Waals surface area contributed by atoms with E-state index in [2.05, 4.69) is 43.5 Å². The third-order valence-electron chi connectivity index (χ3n) is 14.0. The van der Waals surface area contributed by atoms with Crippen molar-refractivity contribution in [2.24, 2.45) is 0 Å². The second-order valence-electron chi connectivity index (χ2n) is 20.7. The van der Waals surface area contributed by atoms with Gasteiger partial charge in [0.25, 0.3) is 0 Å². The zero-order chi connectivity index (χ0) is 48.6. The first-order valence-electron chi connectivity index (χ1n) is 30.1. The Kier molecular flexibility index (Phi) is 55.5. The maximum absolute atomic E-state index is 12.5. The van der Waals surface area contributed by atoms with Gasteiger partial charge >= 0.3 is 5.97 Å². The van der Waals surface area contributed by atoms with Crippen LogP contribution in [0.3, 0.4) is 0 Å². The summed E-state index contributed by atoms with van der Waals surface area (Å²) in [6.07, 6.45) is 68.8. The van der Waals surface area contributed by atoms with Gasteiger partial charge in [0.2, 0.25) is 5.91 Å². The van der Waals surface area contributed by atoms with Crippen LogP contribution in [0.15, 0.2) is 24.3 Å². The molecule has 2 atom stereocenters. The maximum atomic E-state index is 12.5. The highest BCUT2D eigenvalue weighted by molar-refractivity contribution is 5.76. The molecule has 0 fully saturated rings. The molecule has 2 unspecified atom stereocenters. The van der Waals surface area contributed by atoms with Crippen LogP contribution in [0, 0.1) is 0 Å². The molecule has 0 aromatic heterocycles. The molecule has 0 saturated carbocycles. The molecule has 6 nitrogen and oxygen atoms in total. The molecule has 0 aliphatic rings. The number of carbonyl (C=O) groups excluding carboxylic acids is 2. The number of ether oxygens (including phenoxy) is 1. The SMILES string of the molecule is CCCCCC/C=C\C/C=C\CCCCCCCC(=O)OCCCCCCCCCCCCCC(=O)NC(CO)C(O)CCCCCCCCCCCCCCCCCCCCCCCCC. The van der Waals surface area contributed by atoms with E-state index < -0.39 is 12.1 Å². The highest BCUT2D eigenvalue weighted by Crippen LogP contribution is 2.18. The Labute approximate surface area is 418 Å². The zero-order valence-electron chi connectivity index (χ0n) is 45.1. The number of hydrogen-bond acceptors (Lipinski definition) is 5. The third-order valence-corrected chi connectivity index (χ3v) is 14.0. The van der Waals surface area contributed by atoms with Crippen LogP contribution in [0.25, 0.3) is 0 Å². The van der Waals surface area contributed by atoms with Crippen molar-refractivity contribution in [3.05, 3.63) is 24.3 Å². The minimum Gasteiger partial charge on any atom is -0.466 e. The van der Waals surface area contributed by atoms with Crippen molar-refractivity contribution in [2.75, 3.05) is 13.2 Å². The van der Waals surface area contributed by atoms with E-state index in [9.17, 15) is 19.8 Å². The molecule has 0 rings (SSSR count). The van der Waals surface area contributed by atoms with Crippen LogP contribution in [0.4, 0.5) is 0 Å². The smallest absolute Gasteiger partial charge is 0.305 e. The molecule has 1 amide bonds. The lowest BCUT2D eigenvalue weighted by Crippen LogP contribution is -2.45. The number of rotatable bonds is 56. The highest BCUT2D eigenvalue weighted by atomic mass is 16.5. The Balaban J connectivity index is 3.46. The van der Waals surface area contributed by atoms with E-state index in [0.29, 0.717) is 25.9 Å². The van der Waals surface area contributed by atoms with Gasteiger partial charge in [0, 0.05) is 12.8 Å². The summed E-state index contributed by atoms with van der Waals surface area (Å²) in [6.45, 7) is 4.91. The molecule has 0 heterocycles. The lowest BCUT2D eigenvalue weighted by molar-refractivity contribution is -0.143. The number of amides is 1. The van der Waals surface area contributed by atoms with Crippen LogP contribution in [0.2, 0.25) is 0 Å². The summed E-state index contributed by atoms with van der Waals surface area (Å²) in [5.41, 5.74) is 0. The predicted molar refractivity (Wildman–Crippen MR) is 292 cm³/mol. The van der Waals surface area contributed by atoms with E-state index in [1.54, 1.807) is 0 Å². The lowest BCUT2D eigenvalue weighted by Gasteiger charge is -2.22. The van der Waals surface area contributed by atoms with Crippen molar-refractivity contribution in [3.8, 4) is 0 Å². The molecule has 0 radical (unpaired) electrons. The molecule has 3 N–H and O–H groups in total. The molecule has 0 aromatic carbocycles. The second-order valence-corrected chi connectivity index (χ2v) is 20.7. The molecular weight excluding hydrogens is 827 g/mol. The molecule has 0 saturated heterocycles. The number of carbonyl (C=O) groups is 2. The molecule has 0 aliphatic heterocycles. The average molecular weight is 945 g/mol. The van der Waals surface area contributed by atoms with E-state index in [-0.39, 0.29) is 18.5 Å². The Bertz CT molecular complexity index is 1040. The topological polar surface area (TPSA) is 95.9 Å². The third kappa shape index (κ3) is 53.5. The summed E-state index contributed by atoms with van der Waals surface area (Å²) in [7, 11) is 0. The van der Waals surface area contributed by atoms with Crippen LogP contribution < -0.4 is 5.32 Å². The van der Waals surface area contributed by atoms with Gasteiger partial charge in [-0.1, -0.05) is 282 Å². The first kappa shape index (κ1) is 65.3. The van der Waals surface area contributed by atoms with Gasteiger partial charge in [-0.15, -0.1) is 0 Å². The van der Waals surface area contributed by atoms with Gasteiger partial charge in [0.1, 0.15) is 0 Å². The van der Waals surface area contributed by atoms with E-state index in [1.807, 2.05) is 0 Å². The summed E-state index contributed by atoms with van der Waals surface area (Å²) in [5.74, 6) is -0.0775. The van der Waals surface area contributed by atoms with E-state index in [0.717, 1.165) is 70.6 Å². The van der Waals surface area contributed by atoms with Crippen LogP contribution in [0.5, 0.6) is 0 Å². The summed E-state index contributed by atoms with van der Waals surface area (Å²) < 4.78 is 5.46. The molecule has 6 heteroatoms. The Hall–Kier alpha value is -1.66. The normalized spacial score (nSPS) is 12.7. The van der Waals surface area contributed by atoms with Gasteiger partial charge in [-0.3, -0.25) is 9.59 Å².